The summed E-state index contributed by atoms with van der Waals surface area (Å²) in [4.78, 5) is 4.22. The summed E-state index contributed by atoms with van der Waals surface area (Å²) < 4.78 is 1.74. The number of aryl methyl sites for hydroxylation is 1. The van der Waals surface area contributed by atoms with Crippen molar-refractivity contribution in [2.24, 2.45) is 7.05 Å². The van der Waals surface area contributed by atoms with E-state index < -0.39 is 0 Å². The lowest BCUT2D eigenvalue weighted by atomic mass is 10.1. The molecule has 5 nitrogen and oxygen atoms in total. The number of aromatic nitrogens is 3. The van der Waals surface area contributed by atoms with Gasteiger partial charge in [-0.25, -0.2) is 4.98 Å². The second-order valence-electron chi connectivity index (χ2n) is 4.89. The Morgan fingerprint density at radius 2 is 2.37 bits per heavy atom. The number of hydrogen-bond donors (Lipinski definition) is 2. The van der Waals surface area contributed by atoms with Gasteiger partial charge in [0.15, 0.2) is 5.82 Å². The molecule has 1 aromatic carbocycles. The molecule has 0 spiro atoms. The highest BCUT2D eigenvalue weighted by Gasteiger charge is 2.12. The number of fused-ring (bicyclic) bond motifs is 1. The van der Waals surface area contributed by atoms with Gasteiger partial charge in [0.05, 0.1) is 0 Å². The molecule has 0 bridgehead atoms. The minimum Gasteiger partial charge on any atom is -0.384 e. The third-order valence-electron chi connectivity index (χ3n) is 3.42. The fourth-order valence-corrected chi connectivity index (χ4v) is 2.48. The van der Waals surface area contributed by atoms with Crippen LogP contribution in [0.25, 0.3) is 0 Å². The molecule has 0 atom stereocenters. The standard InChI is InChI=1S/C14H19N5/c1-19-10-17-13(18-19)6-7-15-9-12-4-2-3-11-5-8-16-14(11)12/h2-4,10,15-16H,5-9H2,1H3. The van der Waals surface area contributed by atoms with E-state index in [1.807, 2.05) is 7.05 Å². The van der Waals surface area contributed by atoms with Gasteiger partial charge in [0, 0.05) is 38.8 Å². The van der Waals surface area contributed by atoms with Crippen LogP contribution in [0.4, 0.5) is 5.69 Å². The Morgan fingerprint density at radius 3 is 3.21 bits per heavy atom. The third-order valence-corrected chi connectivity index (χ3v) is 3.42. The van der Waals surface area contributed by atoms with Gasteiger partial charge >= 0.3 is 0 Å². The van der Waals surface area contributed by atoms with E-state index in [9.17, 15) is 0 Å². The van der Waals surface area contributed by atoms with Crippen molar-refractivity contribution in [2.75, 3.05) is 18.4 Å². The number of para-hydroxylation sites is 1. The van der Waals surface area contributed by atoms with Crippen molar-refractivity contribution < 1.29 is 0 Å². The van der Waals surface area contributed by atoms with Crippen LogP contribution in [0.3, 0.4) is 0 Å². The second kappa shape index (κ2) is 5.40. The Kier molecular flexibility index (Phi) is 3.46. The number of rotatable bonds is 5. The lowest BCUT2D eigenvalue weighted by Gasteiger charge is -2.09. The van der Waals surface area contributed by atoms with Crippen LogP contribution in [0.5, 0.6) is 0 Å². The summed E-state index contributed by atoms with van der Waals surface area (Å²) >= 11 is 0. The van der Waals surface area contributed by atoms with E-state index in [2.05, 4.69) is 38.9 Å². The molecule has 0 aliphatic carbocycles. The first-order valence-electron chi connectivity index (χ1n) is 6.73. The summed E-state index contributed by atoms with van der Waals surface area (Å²) in [5.74, 6) is 0.895. The molecule has 1 aliphatic heterocycles. The molecule has 0 saturated heterocycles. The second-order valence-corrected chi connectivity index (χ2v) is 4.89. The molecule has 5 heteroatoms. The highest BCUT2D eigenvalue weighted by atomic mass is 15.3. The quantitative estimate of drug-likeness (QED) is 0.788. The maximum Gasteiger partial charge on any atom is 0.151 e. The van der Waals surface area contributed by atoms with Gasteiger partial charge in [0.25, 0.3) is 0 Å². The monoisotopic (exact) mass is 257 g/mol. The zero-order valence-corrected chi connectivity index (χ0v) is 11.2. The van der Waals surface area contributed by atoms with Crippen LogP contribution in [0, 0.1) is 0 Å². The fraction of sp³-hybridized carbons (Fsp3) is 0.429. The first kappa shape index (κ1) is 12.2. The number of nitrogens with one attached hydrogen (secondary N) is 2. The van der Waals surface area contributed by atoms with E-state index >= 15 is 0 Å². The molecule has 2 N–H and O–H groups in total. The molecule has 19 heavy (non-hydrogen) atoms. The molecule has 3 rings (SSSR count). The molecular weight excluding hydrogens is 238 g/mol. The summed E-state index contributed by atoms with van der Waals surface area (Å²) in [7, 11) is 1.89. The molecule has 1 aromatic heterocycles. The zero-order chi connectivity index (χ0) is 13.1. The molecule has 0 amide bonds. The van der Waals surface area contributed by atoms with Crippen molar-refractivity contribution in [3.05, 3.63) is 41.5 Å². The average molecular weight is 257 g/mol. The van der Waals surface area contributed by atoms with E-state index in [1.165, 1.54) is 16.8 Å². The predicted molar refractivity (Wildman–Crippen MR) is 75.0 cm³/mol. The van der Waals surface area contributed by atoms with Crippen molar-refractivity contribution in [3.63, 3.8) is 0 Å². The maximum absolute atomic E-state index is 4.27. The topological polar surface area (TPSA) is 54.8 Å². The summed E-state index contributed by atoms with van der Waals surface area (Å²) in [5, 5.41) is 11.2. The van der Waals surface area contributed by atoms with Gasteiger partial charge in [-0.3, -0.25) is 4.68 Å². The van der Waals surface area contributed by atoms with Crippen LogP contribution in [-0.2, 0) is 26.4 Å². The Morgan fingerprint density at radius 1 is 1.42 bits per heavy atom. The Balaban J connectivity index is 1.52. The largest absolute Gasteiger partial charge is 0.384 e. The van der Waals surface area contributed by atoms with Crippen LogP contribution in [0.15, 0.2) is 24.5 Å². The van der Waals surface area contributed by atoms with Gasteiger partial charge in [0.2, 0.25) is 0 Å². The van der Waals surface area contributed by atoms with Crippen LogP contribution < -0.4 is 10.6 Å². The van der Waals surface area contributed by atoms with Crippen molar-refractivity contribution in [1.82, 2.24) is 20.1 Å². The minimum absolute atomic E-state index is 0.864. The Labute approximate surface area is 113 Å². The summed E-state index contributed by atoms with van der Waals surface area (Å²) in [5.41, 5.74) is 4.11. The maximum atomic E-state index is 4.27. The van der Waals surface area contributed by atoms with Crippen molar-refractivity contribution in [3.8, 4) is 0 Å². The molecule has 100 valence electrons. The van der Waals surface area contributed by atoms with Crippen LogP contribution in [0.1, 0.15) is 17.0 Å². The highest BCUT2D eigenvalue weighted by Crippen LogP contribution is 2.25. The zero-order valence-electron chi connectivity index (χ0n) is 11.2. The summed E-state index contributed by atoms with van der Waals surface area (Å²) in [6, 6.07) is 6.53. The SMILES string of the molecule is Cn1cnc(CCNCc2cccc3c2NCC3)n1. The number of hydrogen-bond acceptors (Lipinski definition) is 4. The van der Waals surface area contributed by atoms with E-state index in [0.29, 0.717) is 0 Å². The Bertz CT molecular complexity index is 561. The molecular formula is C14H19N5. The molecule has 1 aliphatic rings. The molecule has 2 heterocycles. The smallest absolute Gasteiger partial charge is 0.151 e. The van der Waals surface area contributed by atoms with E-state index in [1.54, 1.807) is 11.0 Å². The first-order chi connectivity index (χ1) is 9.33. The van der Waals surface area contributed by atoms with Crippen molar-refractivity contribution >= 4 is 5.69 Å². The van der Waals surface area contributed by atoms with Crippen LogP contribution >= 0.6 is 0 Å². The fourth-order valence-electron chi connectivity index (χ4n) is 2.48. The highest BCUT2D eigenvalue weighted by molar-refractivity contribution is 5.61. The van der Waals surface area contributed by atoms with Gasteiger partial charge in [-0.05, 0) is 17.5 Å². The normalized spacial score (nSPS) is 13.3. The van der Waals surface area contributed by atoms with Crippen molar-refractivity contribution in [1.29, 1.82) is 0 Å². The molecule has 2 aromatic rings. The molecule has 0 fully saturated rings. The van der Waals surface area contributed by atoms with Crippen LogP contribution in [0.2, 0.25) is 0 Å². The molecule has 0 saturated carbocycles. The summed E-state index contributed by atoms with van der Waals surface area (Å²) in [6.07, 6.45) is 3.74. The first-order valence-corrected chi connectivity index (χ1v) is 6.73. The van der Waals surface area contributed by atoms with Gasteiger partial charge in [-0.2, -0.15) is 5.10 Å². The number of nitrogens with zero attached hydrogens (tertiary/aromatic N) is 3. The van der Waals surface area contributed by atoms with E-state index in [4.69, 9.17) is 0 Å². The molecule has 0 unspecified atom stereocenters. The van der Waals surface area contributed by atoms with E-state index in [-0.39, 0.29) is 0 Å². The number of anilines is 1. The van der Waals surface area contributed by atoms with Crippen molar-refractivity contribution in [2.45, 2.75) is 19.4 Å². The lowest BCUT2D eigenvalue weighted by Crippen LogP contribution is -2.18. The van der Waals surface area contributed by atoms with Gasteiger partial charge in [-0.15, -0.1) is 0 Å². The third kappa shape index (κ3) is 2.76. The Hall–Kier alpha value is -1.88. The van der Waals surface area contributed by atoms with Gasteiger partial charge < -0.3 is 10.6 Å². The number of benzene rings is 1. The lowest BCUT2D eigenvalue weighted by molar-refractivity contribution is 0.661. The minimum atomic E-state index is 0.864. The predicted octanol–water partition coefficient (Wildman–Crippen LogP) is 1.12. The van der Waals surface area contributed by atoms with Gasteiger partial charge in [-0.1, -0.05) is 18.2 Å². The van der Waals surface area contributed by atoms with Gasteiger partial charge in [0.1, 0.15) is 6.33 Å². The van der Waals surface area contributed by atoms with E-state index in [0.717, 1.165) is 38.3 Å². The average Bonchev–Trinajstić information content (AvgIpc) is 3.03. The molecule has 0 radical (unpaired) electrons. The van der Waals surface area contributed by atoms with Crippen LogP contribution in [-0.4, -0.2) is 27.9 Å². The summed E-state index contributed by atoms with van der Waals surface area (Å²) in [6.45, 7) is 2.85.